The van der Waals surface area contributed by atoms with Crippen LogP contribution in [0.4, 0.5) is 10.1 Å². The molecule has 0 unspecified atom stereocenters. The van der Waals surface area contributed by atoms with Crippen molar-refractivity contribution in [1.82, 2.24) is 5.32 Å². The molecule has 1 fully saturated rings. The van der Waals surface area contributed by atoms with Crippen LogP contribution in [0, 0.1) is 11.7 Å². The standard InChI is InChI=1S/C18H27FN2O3S/c1-3-17(18(22)20-13-14-7-5-4-6-8-14)21(25(2,23)24)16-11-9-15(19)10-12-16/h9-12,14,17H,3-8,13H2,1-2H3,(H,20,22)/t17-/m0/s1. The van der Waals surface area contributed by atoms with Crippen LogP contribution in [0.25, 0.3) is 0 Å². The highest BCUT2D eigenvalue weighted by molar-refractivity contribution is 7.92. The maximum absolute atomic E-state index is 13.2. The monoisotopic (exact) mass is 370 g/mol. The van der Waals surface area contributed by atoms with Gasteiger partial charge < -0.3 is 5.32 Å². The predicted molar refractivity (Wildman–Crippen MR) is 97.4 cm³/mol. The molecule has 140 valence electrons. The van der Waals surface area contributed by atoms with Crippen molar-refractivity contribution in [3.05, 3.63) is 30.1 Å². The van der Waals surface area contributed by atoms with Gasteiger partial charge in [-0.15, -0.1) is 0 Å². The molecule has 0 aromatic heterocycles. The molecule has 0 aliphatic heterocycles. The van der Waals surface area contributed by atoms with Crippen molar-refractivity contribution in [2.24, 2.45) is 5.92 Å². The van der Waals surface area contributed by atoms with E-state index < -0.39 is 21.9 Å². The first-order valence-corrected chi connectivity index (χ1v) is 10.7. The molecule has 1 aliphatic rings. The first-order valence-electron chi connectivity index (χ1n) is 8.85. The summed E-state index contributed by atoms with van der Waals surface area (Å²) in [6, 6.07) is 4.31. The van der Waals surface area contributed by atoms with E-state index in [0.29, 0.717) is 24.6 Å². The Balaban J connectivity index is 2.15. The zero-order valence-electron chi connectivity index (χ0n) is 14.9. The Hall–Kier alpha value is -1.63. The van der Waals surface area contributed by atoms with Crippen molar-refractivity contribution in [2.45, 2.75) is 51.5 Å². The van der Waals surface area contributed by atoms with Gasteiger partial charge in [0.15, 0.2) is 0 Å². The third-order valence-corrected chi connectivity index (χ3v) is 5.88. The Morgan fingerprint density at radius 2 is 1.84 bits per heavy atom. The largest absolute Gasteiger partial charge is 0.354 e. The summed E-state index contributed by atoms with van der Waals surface area (Å²) in [6.07, 6.45) is 7.21. The molecule has 1 aromatic rings. The average molecular weight is 370 g/mol. The molecule has 25 heavy (non-hydrogen) atoms. The molecule has 1 aliphatic carbocycles. The van der Waals surface area contributed by atoms with Crippen LogP contribution in [0.15, 0.2) is 24.3 Å². The highest BCUT2D eigenvalue weighted by Gasteiger charge is 2.31. The second-order valence-corrected chi connectivity index (χ2v) is 8.57. The van der Waals surface area contributed by atoms with Gasteiger partial charge in [0.1, 0.15) is 11.9 Å². The number of halogens is 1. The molecule has 1 aromatic carbocycles. The predicted octanol–water partition coefficient (Wildman–Crippen LogP) is 3.07. The van der Waals surface area contributed by atoms with Crippen molar-refractivity contribution in [1.29, 1.82) is 0 Å². The van der Waals surface area contributed by atoms with Gasteiger partial charge in [0.25, 0.3) is 0 Å². The van der Waals surface area contributed by atoms with E-state index in [-0.39, 0.29) is 5.91 Å². The van der Waals surface area contributed by atoms with E-state index in [9.17, 15) is 17.6 Å². The van der Waals surface area contributed by atoms with Gasteiger partial charge in [-0.05, 0) is 49.4 Å². The van der Waals surface area contributed by atoms with E-state index in [2.05, 4.69) is 5.32 Å². The van der Waals surface area contributed by atoms with E-state index in [4.69, 9.17) is 0 Å². The van der Waals surface area contributed by atoms with Crippen LogP contribution in [0.2, 0.25) is 0 Å². The number of benzene rings is 1. The van der Waals surface area contributed by atoms with Gasteiger partial charge in [-0.2, -0.15) is 0 Å². The Morgan fingerprint density at radius 1 is 1.24 bits per heavy atom. The number of carbonyl (C=O) groups is 1. The lowest BCUT2D eigenvalue weighted by Crippen LogP contribution is -2.50. The number of anilines is 1. The van der Waals surface area contributed by atoms with E-state index in [0.717, 1.165) is 23.4 Å². The van der Waals surface area contributed by atoms with Crippen LogP contribution in [0.5, 0.6) is 0 Å². The number of rotatable bonds is 7. The second kappa shape index (κ2) is 8.65. The topological polar surface area (TPSA) is 66.5 Å². The third kappa shape index (κ3) is 5.42. The van der Waals surface area contributed by atoms with Gasteiger partial charge >= 0.3 is 0 Å². The number of sulfonamides is 1. The number of hydrogen-bond acceptors (Lipinski definition) is 3. The molecule has 5 nitrogen and oxygen atoms in total. The summed E-state index contributed by atoms with van der Waals surface area (Å²) in [5.41, 5.74) is 0.295. The Labute approximate surface area is 149 Å². The molecule has 0 spiro atoms. The van der Waals surface area contributed by atoms with Crippen molar-refractivity contribution in [2.75, 3.05) is 17.1 Å². The van der Waals surface area contributed by atoms with Gasteiger partial charge in [-0.1, -0.05) is 26.2 Å². The van der Waals surface area contributed by atoms with Crippen LogP contribution in [-0.4, -0.2) is 33.2 Å². The second-order valence-electron chi connectivity index (χ2n) is 6.71. The summed E-state index contributed by atoms with van der Waals surface area (Å²) >= 11 is 0. The number of carbonyl (C=O) groups excluding carboxylic acids is 1. The van der Waals surface area contributed by atoms with Crippen molar-refractivity contribution in [3.63, 3.8) is 0 Å². The Morgan fingerprint density at radius 3 is 2.36 bits per heavy atom. The normalized spacial score (nSPS) is 17.1. The minimum Gasteiger partial charge on any atom is -0.354 e. The molecule has 0 bridgehead atoms. The summed E-state index contributed by atoms with van der Waals surface area (Å²) < 4.78 is 38.8. The molecule has 1 saturated carbocycles. The number of nitrogens with one attached hydrogen (secondary N) is 1. The zero-order chi connectivity index (χ0) is 18.4. The molecule has 0 saturated heterocycles. The van der Waals surface area contributed by atoms with Gasteiger partial charge in [0.2, 0.25) is 15.9 Å². The summed E-state index contributed by atoms with van der Waals surface area (Å²) in [5, 5.41) is 2.92. The smallest absolute Gasteiger partial charge is 0.243 e. The average Bonchev–Trinajstić information content (AvgIpc) is 2.58. The SMILES string of the molecule is CC[C@@H](C(=O)NCC1CCCCC1)N(c1ccc(F)cc1)S(C)(=O)=O. The Bertz CT molecular complexity index is 670. The van der Waals surface area contributed by atoms with Crippen LogP contribution in [0.3, 0.4) is 0 Å². The van der Waals surface area contributed by atoms with Crippen molar-refractivity contribution < 1.29 is 17.6 Å². The molecule has 1 N–H and O–H groups in total. The fourth-order valence-corrected chi connectivity index (χ4v) is 4.61. The van der Waals surface area contributed by atoms with Crippen molar-refractivity contribution >= 4 is 21.6 Å². The van der Waals surface area contributed by atoms with E-state index in [1.807, 2.05) is 0 Å². The van der Waals surface area contributed by atoms with E-state index in [1.165, 1.54) is 43.5 Å². The minimum absolute atomic E-state index is 0.295. The molecule has 7 heteroatoms. The maximum Gasteiger partial charge on any atom is 0.243 e. The Kier molecular flexibility index (Phi) is 6.81. The molecule has 2 rings (SSSR count). The molecular weight excluding hydrogens is 343 g/mol. The van der Waals surface area contributed by atoms with Crippen LogP contribution in [-0.2, 0) is 14.8 Å². The van der Waals surface area contributed by atoms with E-state index in [1.54, 1.807) is 6.92 Å². The lowest BCUT2D eigenvalue weighted by atomic mass is 9.89. The zero-order valence-corrected chi connectivity index (χ0v) is 15.7. The van der Waals surface area contributed by atoms with Crippen molar-refractivity contribution in [3.8, 4) is 0 Å². The molecular formula is C18H27FN2O3S. The van der Waals surface area contributed by atoms with Crippen LogP contribution in [0.1, 0.15) is 45.4 Å². The van der Waals surface area contributed by atoms with Gasteiger partial charge in [0.05, 0.1) is 11.9 Å². The first kappa shape index (κ1) is 19.7. The number of amides is 1. The molecule has 1 amide bonds. The number of nitrogens with zero attached hydrogens (tertiary/aromatic N) is 1. The quantitative estimate of drug-likeness (QED) is 0.802. The summed E-state index contributed by atoms with van der Waals surface area (Å²) in [4.78, 5) is 12.7. The lowest BCUT2D eigenvalue weighted by Gasteiger charge is -2.31. The van der Waals surface area contributed by atoms with Gasteiger partial charge in [0, 0.05) is 6.54 Å². The molecule has 1 atom stereocenters. The highest BCUT2D eigenvalue weighted by Crippen LogP contribution is 2.24. The van der Waals surface area contributed by atoms with Gasteiger partial charge in [-0.3, -0.25) is 9.10 Å². The van der Waals surface area contributed by atoms with Gasteiger partial charge in [-0.25, -0.2) is 12.8 Å². The third-order valence-electron chi connectivity index (χ3n) is 4.70. The van der Waals surface area contributed by atoms with E-state index >= 15 is 0 Å². The highest BCUT2D eigenvalue weighted by atomic mass is 32.2. The fourth-order valence-electron chi connectivity index (χ4n) is 3.40. The van der Waals surface area contributed by atoms with Crippen LogP contribution < -0.4 is 9.62 Å². The molecule has 0 radical (unpaired) electrons. The summed E-state index contributed by atoms with van der Waals surface area (Å²) in [5.74, 6) is -0.289. The summed E-state index contributed by atoms with van der Waals surface area (Å²) in [6.45, 7) is 2.35. The molecule has 0 heterocycles. The van der Waals surface area contributed by atoms with Crippen LogP contribution >= 0.6 is 0 Å². The summed E-state index contributed by atoms with van der Waals surface area (Å²) in [7, 11) is -3.68. The lowest BCUT2D eigenvalue weighted by molar-refractivity contribution is -0.122. The maximum atomic E-state index is 13.2. The fraction of sp³-hybridized carbons (Fsp3) is 0.611. The minimum atomic E-state index is -3.68. The number of hydrogen-bond donors (Lipinski definition) is 1. The first-order chi connectivity index (χ1) is 11.8.